The Hall–Kier alpha value is -3.41. The van der Waals surface area contributed by atoms with Gasteiger partial charge in [-0.25, -0.2) is 4.79 Å². The van der Waals surface area contributed by atoms with Gasteiger partial charge in [-0.2, -0.15) is 0 Å². The van der Waals surface area contributed by atoms with E-state index < -0.39 is 0 Å². The van der Waals surface area contributed by atoms with Crippen LogP contribution >= 0.6 is 0 Å². The van der Waals surface area contributed by atoms with Crippen molar-refractivity contribution in [2.45, 2.75) is 6.61 Å². The van der Waals surface area contributed by atoms with Crippen LogP contribution in [0.4, 0.5) is 0 Å². The molecule has 5 rings (SSSR count). The minimum atomic E-state index is -0.351. The first-order chi connectivity index (χ1) is 12.7. The lowest BCUT2D eigenvalue weighted by Crippen LogP contribution is -1.97. The fraction of sp³-hybridized carbons (Fsp3) is 0.150. The molecule has 0 saturated carbocycles. The number of hydrogen-bond acceptors (Lipinski definition) is 6. The van der Waals surface area contributed by atoms with E-state index in [1.807, 2.05) is 18.2 Å². The second-order valence-corrected chi connectivity index (χ2v) is 6.14. The number of methoxy groups -OCH3 is 1. The summed E-state index contributed by atoms with van der Waals surface area (Å²) in [4.78, 5) is 12.2. The van der Waals surface area contributed by atoms with Crippen LogP contribution < -0.4 is 14.2 Å². The van der Waals surface area contributed by atoms with E-state index in [1.165, 1.54) is 7.11 Å². The highest BCUT2D eigenvalue weighted by atomic mass is 16.7. The summed E-state index contributed by atoms with van der Waals surface area (Å²) in [6, 6.07) is 10.7. The molecule has 3 aromatic rings. The Kier molecular flexibility index (Phi) is 3.03. The first-order valence-electron chi connectivity index (χ1n) is 8.10. The number of benzene rings is 3. The Labute approximate surface area is 148 Å². The van der Waals surface area contributed by atoms with E-state index in [-0.39, 0.29) is 25.1 Å². The standard InChI is InChI=1S/C20H14O6/c1-23-19-14(21)4-2-10-6-12-13(8-24-20(12)22)17(18(10)19)11-3-5-15-16(7-11)26-9-25-15/h2-7,21H,8-9H2,1H3. The largest absolute Gasteiger partial charge is 0.504 e. The van der Waals surface area contributed by atoms with Gasteiger partial charge in [0, 0.05) is 16.5 Å². The van der Waals surface area contributed by atoms with Gasteiger partial charge in [-0.1, -0.05) is 12.1 Å². The monoisotopic (exact) mass is 350 g/mol. The maximum Gasteiger partial charge on any atom is 0.338 e. The molecule has 26 heavy (non-hydrogen) atoms. The van der Waals surface area contributed by atoms with Gasteiger partial charge in [-0.15, -0.1) is 0 Å². The van der Waals surface area contributed by atoms with Crippen LogP contribution in [0, 0.1) is 0 Å². The number of rotatable bonds is 2. The van der Waals surface area contributed by atoms with E-state index >= 15 is 0 Å². The van der Waals surface area contributed by atoms with Crippen molar-refractivity contribution in [3.8, 4) is 34.1 Å². The quantitative estimate of drug-likeness (QED) is 0.712. The topological polar surface area (TPSA) is 74.2 Å². The Balaban J connectivity index is 1.91. The van der Waals surface area contributed by atoms with Crippen LogP contribution in [0.3, 0.4) is 0 Å². The zero-order valence-corrected chi connectivity index (χ0v) is 13.9. The average molecular weight is 350 g/mol. The summed E-state index contributed by atoms with van der Waals surface area (Å²) in [6.45, 7) is 0.352. The smallest absolute Gasteiger partial charge is 0.338 e. The van der Waals surface area contributed by atoms with Crippen LogP contribution in [0.5, 0.6) is 23.0 Å². The second-order valence-electron chi connectivity index (χ2n) is 6.14. The fourth-order valence-electron chi connectivity index (χ4n) is 3.62. The van der Waals surface area contributed by atoms with E-state index in [0.29, 0.717) is 22.8 Å². The summed E-state index contributed by atoms with van der Waals surface area (Å²) >= 11 is 0. The van der Waals surface area contributed by atoms with Gasteiger partial charge < -0.3 is 24.1 Å². The molecule has 0 aromatic heterocycles. The molecule has 6 nitrogen and oxygen atoms in total. The number of phenolic OH excluding ortho intramolecular Hbond substituents is 1. The van der Waals surface area contributed by atoms with Crippen molar-refractivity contribution in [1.29, 1.82) is 0 Å². The molecule has 6 heteroatoms. The van der Waals surface area contributed by atoms with Crippen LogP contribution in [-0.4, -0.2) is 25.0 Å². The minimum Gasteiger partial charge on any atom is -0.504 e. The molecule has 0 bridgehead atoms. The third kappa shape index (κ3) is 1.95. The molecule has 0 saturated heterocycles. The van der Waals surface area contributed by atoms with E-state index in [0.717, 1.165) is 27.5 Å². The molecular formula is C20H14O6. The first kappa shape index (κ1) is 14.9. The number of cyclic esters (lactones) is 1. The molecule has 0 amide bonds. The van der Waals surface area contributed by atoms with Crippen molar-refractivity contribution in [3.63, 3.8) is 0 Å². The number of hydrogen-bond donors (Lipinski definition) is 1. The number of aromatic hydroxyl groups is 1. The number of fused-ring (bicyclic) bond motifs is 3. The zero-order valence-electron chi connectivity index (χ0n) is 13.9. The summed E-state index contributed by atoms with van der Waals surface area (Å²) in [5.41, 5.74) is 2.91. The second kappa shape index (κ2) is 5.29. The molecule has 3 aromatic carbocycles. The molecule has 2 heterocycles. The van der Waals surface area contributed by atoms with Crippen LogP contribution in [0.1, 0.15) is 15.9 Å². The highest BCUT2D eigenvalue weighted by Gasteiger charge is 2.29. The molecule has 0 unspecified atom stereocenters. The molecule has 1 N–H and O–H groups in total. The van der Waals surface area contributed by atoms with Gasteiger partial charge in [0.15, 0.2) is 23.0 Å². The maximum absolute atomic E-state index is 12.2. The van der Waals surface area contributed by atoms with Crippen molar-refractivity contribution in [2.75, 3.05) is 13.9 Å². The predicted molar refractivity (Wildman–Crippen MR) is 92.8 cm³/mol. The Morgan fingerprint density at radius 1 is 1.04 bits per heavy atom. The summed E-state index contributed by atoms with van der Waals surface area (Å²) in [5, 5.41) is 11.8. The lowest BCUT2D eigenvalue weighted by atomic mass is 9.90. The molecule has 0 fully saturated rings. The SMILES string of the molecule is COc1c(O)ccc2cc3c(c(-c4ccc5c(c4)OCO5)c12)COC3=O. The van der Waals surface area contributed by atoms with Crippen molar-refractivity contribution < 1.29 is 28.8 Å². The van der Waals surface area contributed by atoms with Gasteiger partial charge in [0.1, 0.15) is 6.61 Å². The zero-order chi connectivity index (χ0) is 17.8. The fourth-order valence-corrected chi connectivity index (χ4v) is 3.62. The number of carbonyl (C=O) groups excluding carboxylic acids is 1. The molecule has 0 spiro atoms. The molecular weight excluding hydrogens is 336 g/mol. The molecule has 2 aliphatic heterocycles. The van der Waals surface area contributed by atoms with Gasteiger partial charge >= 0.3 is 5.97 Å². The van der Waals surface area contributed by atoms with Crippen molar-refractivity contribution >= 4 is 16.7 Å². The average Bonchev–Trinajstić information content (AvgIpc) is 3.26. The summed E-state index contributed by atoms with van der Waals surface area (Å²) < 4.78 is 21.6. The molecule has 2 aliphatic rings. The molecule has 0 atom stereocenters. The lowest BCUT2D eigenvalue weighted by Gasteiger charge is -2.16. The van der Waals surface area contributed by atoms with Crippen LogP contribution in [0.15, 0.2) is 36.4 Å². The number of ether oxygens (including phenoxy) is 4. The molecule has 130 valence electrons. The summed E-state index contributed by atoms with van der Waals surface area (Å²) in [5.74, 6) is 1.35. The molecule has 0 aliphatic carbocycles. The van der Waals surface area contributed by atoms with E-state index in [1.54, 1.807) is 18.2 Å². The van der Waals surface area contributed by atoms with Gasteiger partial charge in [0.05, 0.1) is 12.7 Å². The highest BCUT2D eigenvalue weighted by Crippen LogP contribution is 2.47. The van der Waals surface area contributed by atoms with Gasteiger partial charge in [-0.3, -0.25) is 0 Å². The van der Waals surface area contributed by atoms with Crippen LogP contribution in [0.2, 0.25) is 0 Å². The van der Waals surface area contributed by atoms with E-state index in [2.05, 4.69) is 0 Å². The van der Waals surface area contributed by atoms with Crippen molar-refractivity contribution in [2.24, 2.45) is 0 Å². The Morgan fingerprint density at radius 3 is 2.73 bits per heavy atom. The Morgan fingerprint density at radius 2 is 1.88 bits per heavy atom. The summed E-state index contributed by atoms with van der Waals surface area (Å²) in [6.07, 6.45) is 0. The third-order valence-electron chi connectivity index (χ3n) is 4.78. The maximum atomic E-state index is 12.2. The van der Waals surface area contributed by atoms with E-state index in [4.69, 9.17) is 18.9 Å². The summed E-state index contributed by atoms with van der Waals surface area (Å²) in [7, 11) is 1.51. The number of carbonyl (C=O) groups is 1. The van der Waals surface area contributed by atoms with Crippen LogP contribution in [0.25, 0.3) is 21.9 Å². The normalized spacial score (nSPS) is 14.4. The highest BCUT2D eigenvalue weighted by molar-refractivity contribution is 6.10. The van der Waals surface area contributed by atoms with E-state index in [9.17, 15) is 9.90 Å². The van der Waals surface area contributed by atoms with Gasteiger partial charge in [0.2, 0.25) is 6.79 Å². The number of phenols is 1. The van der Waals surface area contributed by atoms with Crippen molar-refractivity contribution in [1.82, 2.24) is 0 Å². The number of esters is 1. The predicted octanol–water partition coefficient (Wildman–Crippen LogP) is 3.62. The first-order valence-corrected chi connectivity index (χ1v) is 8.10. The molecule has 0 radical (unpaired) electrons. The lowest BCUT2D eigenvalue weighted by molar-refractivity contribution is 0.0535. The Bertz CT molecular complexity index is 1090. The van der Waals surface area contributed by atoms with Crippen molar-refractivity contribution in [3.05, 3.63) is 47.5 Å². The van der Waals surface area contributed by atoms with Gasteiger partial charge in [-0.05, 0) is 35.2 Å². The minimum absolute atomic E-state index is 0.0344. The third-order valence-corrected chi connectivity index (χ3v) is 4.78. The van der Waals surface area contributed by atoms with Crippen LogP contribution in [-0.2, 0) is 11.3 Å². The van der Waals surface area contributed by atoms with Gasteiger partial charge in [0.25, 0.3) is 0 Å².